The van der Waals surface area contributed by atoms with Gasteiger partial charge in [0.05, 0.1) is 10.6 Å². The van der Waals surface area contributed by atoms with Gasteiger partial charge >= 0.3 is 0 Å². The van der Waals surface area contributed by atoms with Crippen molar-refractivity contribution < 1.29 is 9.53 Å². The fourth-order valence-electron chi connectivity index (χ4n) is 2.11. The molecule has 25 heavy (non-hydrogen) atoms. The molecule has 2 aromatic carbocycles. The highest BCUT2D eigenvalue weighted by Gasteiger charge is 2.23. The first-order valence-corrected chi connectivity index (χ1v) is 8.72. The number of carbonyl (C=O) groups excluding carboxylic acids is 1. The smallest absolute Gasteiger partial charge is 0.264 e. The van der Waals surface area contributed by atoms with Gasteiger partial charge in [-0.1, -0.05) is 42.5 Å². The standard InChI is InChI=1S/C19H15ClN2O2S/c1-2-10-24-16-8-6-13(7-9-16)11-17-18(23)22-19(25-17)21-15-5-3-4-14(20)12-15/h2-9,11-12H,1,10H2,(H,21,22,23)/b17-11+. The molecule has 1 amide bonds. The van der Waals surface area contributed by atoms with Crippen molar-refractivity contribution in [2.24, 2.45) is 4.99 Å². The molecule has 0 bridgehead atoms. The van der Waals surface area contributed by atoms with Gasteiger partial charge in [-0.3, -0.25) is 4.79 Å². The lowest BCUT2D eigenvalue weighted by Gasteiger charge is -2.03. The number of hydrogen-bond acceptors (Lipinski definition) is 4. The van der Waals surface area contributed by atoms with Crippen molar-refractivity contribution in [3.8, 4) is 5.75 Å². The van der Waals surface area contributed by atoms with Gasteiger partial charge in [0.1, 0.15) is 12.4 Å². The van der Waals surface area contributed by atoms with Crippen LogP contribution in [-0.2, 0) is 4.79 Å². The molecular weight excluding hydrogens is 356 g/mol. The largest absolute Gasteiger partial charge is 0.490 e. The summed E-state index contributed by atoms with van der Waals surface area (Å²) in [6.07, 6.45) is 3.51. The fourth-order valence-corrected chi connectivity index (χ4v) is 3.14. The Morgan fingerprint density at radius 3 is 2.76 bits per heavy atom. The van der Waals surface area contributed by atoms with E-state index in [4.69, 9.17) is 16.3 Å². The lowest BCUT2D eigenvalue weighted by Crippen LogP contribution is -2.19. The summed E-state index contributed by atoms with van der Waals surface area (Å²) in [7, 11) is 0. The van der Waals surface area contributed by atoms with E-state index in [9.17, 15) is 4.79 Å². The molecule has 1 aliphatic rings. The number of aliphatic imine (C=N–C) groups is 1. The summed E-state index contributed by atoms with van der Waals surface area (Å²) in [5.41, 5.74) is 1.60. The lowest BCUT2D eigenvalue weighted by molar-refractivity contribution is -0.115. The number of amides is 1. The molecule has 0 saturated carbocycles. The fraction of sp³-hybridized carbons (Fsp3) is 0.0526. The van der Waals surface area contributed by atoms with Gasteiger partial charge in [-0.25, -0.2) is 4.99 Å². The van der Waals surface area contributed by atoms with Crippen LogP contribution in [0.5, 0.6) is 5.75 Å². The summed E-state index contributed by atoms with van der Waals surface area (Å²) in [6, 6.07) is 14.7. The van der Waals surface area contributed by atoms with E-state index in [0.29, 0.717) is 27.4 Å². The van der Waals surface area contributed by atoms with E-state index in [2.05, 4.69) is 16.9 Å². The number of rotatable bonds is 5. The first-order valence-electron chi connectivity index (χ1n) is 7.53. The predicted molar refractivity (Wildman–Crippen MR) is 104 cm³/mol. The first kappa shape index (κ1) is 17.3. The summed E-state index contributed by atoms with van der Waals surface area (Å²) in [5, 5.41) is 3.89. The summed E-state index contributed by atoms with van der Waals surface area (Å²) in [4.78, 5) is 17.1. The molecule has 0 radical (unpaired) electrons. The van der Waals surface area contributed by atoms with Crippen molar-refractivity contribution in [1.82, 2.24) is 5.32 Å². The van der Waals surface area contributed by atoms with Crippen LogP contribution in [0.1, 0.15) is 5.56 Å². The van der Waals surface area contributed by atoms with E-state index in [-0.39, 0.29) is 5.91 Å². The zero-order valence-electron chi connectivity index (χ0n) is 13.2. The Morgan fingerprint density at radius 1 is 1.24 bits per heavy atom. The van der Waals surface area contributed by atoms with Crippen molar-refractivity contribution in [3.63, 3.8) is 0 Å². The molecule has 0 atom stereocenters. The Balaban J connectivity index is 1.73. The van der Waals surface area contributed by atoms with Crippen molar-refractivity contribution in [1.29, 1.82) is 0 Å². The molecule has 1 saturated heterocycles. The minimum atomic E-state index is -0.169. The van der Waals surface area contributed by atoms with Gasteiger partial charge in [0.25, 0.3) is 5.91 Å². The molecule has 3 rings (SSSR count). The second-order valence-electron chi connectivity index (χ2n) is 5.13. The number of ether oxygens (including phenoxy) is 1. The number of nitrogens with one attached hydrogen (secondary N) is 1. The zero-order valence-corrected chi connectivity index (χ0v) is 14.8. The number of carbonyl (C=O) groups is 1. The number of benzene rings is 2. The van der Waals surface area contributed by atoms with Crippen LogP contribution in [0, 0.1) is 0 Å². The Kier molecular flexibility index (Phi) is 5.58. The van der Waals surface area contributed by atoms with Gasteiger partial charge in [0.2, 0.25) is 0 Å². The van der Waals surface area contributed by atoms with Crippen molar-refractivity contribution in [2.75, 3.05) is 6.61 Å². The lowest BCUT2D eigenvalue weighted by atomic mass is 10.2. The molecule has 4 nitrogen and oxygen atoms in total. The second kappa shape index (κ2) is 8.05. The number of thioether (sulfide) groups is 1. The highest BCUT2D eigenvalue weighted by Crippen LogP contribution is 2.29. The molecule has 1 heterocycles. The van der Waals surface area contributed by atoms with Gasteiger partial charge in [-0.2, -0.15) is 0 Å². The minimum absolute atomic E-state index is 0.169. The van der Waals surface area contributed by atoms with Crippen LogP contribution < -0.4 is 10.1 Å². The maximum atomic E-state index is 12.1. The van der Waals surface area contributed by atoms with Crippen LogP contribution >= 0.6 is 23.4 Å². The molecule has 0 aliphatic carbocycles. The molecule has 1 aliphatic heterocycles. The SMILES string of the molecule is C=CCOc1ccc(/C=C2/SC(=Nc3cccc(Cl)c3)NC2=O)cc1. The van der Waals surface area contributed by atoms with Crippen LogP contribution in [0.4, 0.5) is 5.69 Å². The third kappa shape index (κ3) is 4.75. The molecule has 0 spiro atoms. The molecule has 1 N–H and O–H groups in total. The van der Waals surface area contributed by atoms with Gasteiger partial charge in [0.15, 0.2) is 5.17 Å². The molecule has 0 unspecified atom stereocenters. The van der Waals surface area contributed by atoms with Crippen LogP contribution in [-0.4, -0.2) is 17.7 Å². The molecule has 1 fully saturated rings. The molecule has 6 heteroatoms. The Hall–Kier alpha value is -2.50. The maximum absolute atomic E-state index is 12.1. The topological polar surface area (TPSA) is 50.7 Å². The van der Waals surface area contributed by atoms with Gasteiger partial charge < -0.3 is 10.1 Å². The average molecular weight is 371 g/mol. The molecule has 2 aromatic rings. The Labute approximate surface area is 155 Å². The molecule has 0 aromatic heterocycles. The average Bonchev–Trinajstić information content (AvgIpc) is 2.93. The molecule has 126 valence electrons. The van der Waals surface area contributed by atoms with Gasteiger partial charge in [0, 0.05) is 5.02 Å². The third-order valence-corrected chi connectivity index (χ3v) is 4.38. The van der Waals surface area contributed by atoms with Crippen LogP contribution in [0.25, 0.3) is 6.08 Å². The van der Waals surface area contributed by atoms with Gasteiger partial charge in [-0.15, -0.1) is 0 Å². The monoisotopic (exact) mass is 370 g/mol. The van der Waals surface area contributed by atoms with E-state index in [0.717, 1.165) is 11.3 Å². The van der Waals surface area contributed by atoms with E-state index in [1.807, 2.05) is 42.5 Å². The van der Waals surface area contributed by atoms with E-state index in [1.54, 1.807) is 18.2 Å². The summed E-state index contributed by atoms with van der Waals surface area (Å²) in [6.45, 7) is 4.07. The molecular formula is C19H15ClN2O2S. The highest BCUT2D eigenvalue weighted by atomic mass is 35.5. The first-order chi connectivity index (χ1) is 12.1. The van der Waals surface area contributed by atoms with Crippen molar-refractivity contribution in [2.45, 2.75) is 0 Å². The summed E-state index contributed by atoms with van der Waals surface area (Å²) >= 11 is 7.24. The minimum Gasteiger partial charge on any atom is -0.490 e. The summed E-state index contributed by atoms with van der Waals surface area (Å²) in [5.74, 6) is 0.589. The number of nitrogens with zero attached hydrogens (tertiary/aromatic N) is 1. The quantitative estimate of drug-likeness (QED) is 0.607. The van der Waals surface area contributed by atoms with Crippen LogP contribution in [0.2, 0.25) is 5.02 Å². The Bertz CT molecular complexity index is 860. The van der Waals surface area contributed by atoms with Crippen LogP contribution in [0.15, 0.2) is 71.1 Å². The third-order valence-electron chi connectivity index (χ3n) is 3.24. The second-order valence-corrected chi connectivity index (χ2v) is 6.60. The van der Waals surface area contributed by atoms with Gasteiger partial charge in [-0.05, 0) is 53.7 Å². The number of hydrogen-bond donors (Lipinski definition) is 1. The number of amidine groups is 1. The predicted octanol–water partition coefficient (Wildman–Crippen LogP) is 4.80. The summed E-state index contributed by atoms with van der Waals surface area (Å²) < 4.78 is 5.44. The van der Waals surface area contributed by atoms with Crippen molar-refractivity contribution >= 4 is 46.2 Å². The van der Waals surface area contributed by atoms with Crippen LogP contribution in [0.3, 0.4) is 0 Å². The maximum Gasteiger partial charge on any atom is 0.264 e. The highest BCUT2D eigenvalue weighted by molar-refractivity contribution is 8.18. The van der Waals surface area contributed by atoms with Crippen molar-refractivity contribution in [3.05, 3.63) is 76.7 Å². The van der Waals surface area contributed by atoms with E-state index >= 15 is 0 Å². The normalized spacial score (nSPS) is 16.9. The van der Waals surface area contributed by atoms with E-state index in [1.165, 1.54) is 11.8 Å². The Morgan fingerprint density at radius 2 is 2.04 bits per heavy atom. The van der Waals surface area contributed by atoms with E-state index < -0.39 is 0 Å². The zero-order chi connectivity index (χ0) is 17.6. The number of halogens is 1.